The highest BCUT2D eigenvalue weighted by Gasteiger charge is 2.09. The van der Waals surface area contributed by atoms with Crippen molar-refractivity contribution < 1.29 is 9.18 Å². The number of carbonyl (C=O) groups is 1. The number of imidazole rings is 1. The summed E-state index contributed by atoms with van der Waals surface area (Å²) in [6.07, 6.45) is 2.59. The number of aromatic nitrogens is 2. The van der Waals surface area contributed by atoms with E-state index in [9.17, 15) is 9.18 Å². The average Bonchev–Trinajstić information content (AvgIpc) is 2.94. The number of H-pyrrole nitrogens is 1. The lowest BCUT2D eigenvalue weighted by molar-refractivity contribution is -0.119. The predicted octanol–water partition coefficient (Wildman–Crippen LogP) is 3.22. The molecule has 2 N–H and O–H groups in total. The molecule has 0 aliphatic rings. The average molecular weight is 307 g/mol. The van der Waals surface area contributed by atoms with E-state index in [1.54, 1.807) is 18.3 Å². The van der Waals surface area contributed by atoms with Gasteiger partial charge in [-0.05, 0) is 43.2 Å². The Kier molecular flexibility index (Phi) is 5.38. The number of amides is 1. The van der Waals surface area contributed by atoms with E-state index < -0.39 is 0 Å². The molecule has 0 saturated heterocycles. The van der Waals surface area contributed by atoms with E-state index in [2.05, 4.69) is 15.3 Å². The summed E-state index contributed by atoms with van der Waals surface area (Å²) in [4.78, 5) is 19.0. The molecule has 21 heavy (non-hydrogen) atoms. The van der Waals surface area contributed by atoms with Gasteiger partial charge in [0, 0.05) is 6.04 Å². The first-order valence-electron chi connectivity index (χ1n) is 6.81. The minimum absolute atomic E-state index is 0.00548. The van der Waals surface area contributed by atoms with E-state index in [0.29, 0.717) is 10.9 Å². The van der Waals surface area contributed by atoms with Crippen LogP contribution in [0.5, 0.6) is 0 Å². The Bertz CT molecular complexity index is 597. The Labute approximate surface area is 127 Å². The maximum Gasteiger partial charge on any atom is 0.230 e. The first kappa shape index (κ1) is 15.6. The smallest absolute Gasteiger partial charge is 0.230 e. The van der Waals surface area contributed by atoms with Crippen molar-refractivity contribution >= 4 is 17.7 Å². The van der Waals surface area contributed by atoms with Crippen molar-refractivity contribution in [1.82, 2.24) is 15.3 Å². The van der Waals surface area contributed by atoms with Crippen LogP contribution in [-0.4, -0.2) is 27.7 Å². The van der Waals surface area contributed by atoms with Crippen LogP contribution in [-0.2, 0) is 4.79 Å². The summed E-state index contributed by atoms with van der Waals surface area (Å²) in [5, 5.41) is 3.58. The molecule has 1 aromatic carbocycles. The highest BCUT2D eigenvalue weighted by Crippen LogP contribution is 2.21. The lowest BCUT2D eigenvalue weighted by atomic mass is 10.2. The predicted molar refractivity (Wildman–Crippen MR) is 82.6 cm³/mol. The zero-order valence-corrected chi connectivity index (χ0v) is 12.8. The number of thioether (sulfide) groups is 1. The second kappa shape index (κ2) is 7.26. The molecule has 1 atom stereocenters. The molecule has 0 fully saturated rings. The molecule has 0 aliphatic heterocycles. The van der Waals surface area contributed by atoms with Crippen molar-refractivity contribution in [3.63, 3.8) is 0 Å². The number of nitrogens with one attached hydrogen (secondary N) is 2. The van der Waals surface area contributed by atoms with Gasteiger partial charge in [-0.25, -0.2) is 9.37 Å². The minimum Gasteiger partial charge on any atom is -0.353 e. The van der Waals surface area contributed by atoms with Crippen LogP contribution in [0.2, 0.25) is 0 Å². The molecule has 1 amide bonds. The molecule has 0 bridgehead atoms. The molecule has 0 radical (unpaired) electrons. The topological polar surface area (TPSA) is 57.8 Å². The van der Waals surface area contributed by atoms with Gasteiger partial charge in [-0.1, -0.05) is 18.7 Å². The lowest BCUT2D eigenvalue weighted by Gasteiger charge is -2.10. The Morgan fingerprint density at radius 3 is 2.81 bits per heavy atom. The fraction of sp³-hybridized carbons (Fsp3) is 0.333. The Morgan fingerprint density at radius 1 is 1.43 bits per heavy atom. The molecule has 1 unspecified atom stereocenters. The number of halogens is 1. The van der Waals surface area contributed by atoms with Crippen molar-refractivity contribution in [3.05, 3.63) is 36.3 Å². The Hall–Kier alpha value is -1.82. The maximum absolute atomic E-state index is 12.9. The molecular formula is C15H18FN3OS. The summed E-state index contributed by atoms with van der Waals surface area (Å²) >= 11 is 1.35. The van der Waals surface area contributed by atoms with Gasteiger partial charge in [-0.3, -0.25) is 4.79 Å². The molecule has 2 rings (SSSR count). The molecule has 6 heteroatoms. The molecular weight excluding hydrogens is 289 g/mol. The van der Waals surface area contributed by atoms with Crippen molar-refractivity contribution in [3.8, 4) is 11.3 Å². The third-order valence-electron chi connectivity index (χ3n) is 3.07. The number of carbonyl (C=O) groups excluding carboxylic acids is 1. The Morgan fingerprint density at radius 2 is 2.14 bits per heavy atom. The third-order valence-corrected chi connectivity index (χ3v) is 3.95. The monoisotopic (exact) mass is 307 g/mol. The van der Waals surface area contributed by atoms with E-state index >= 15 is 0 Å². The molecule has 0 aliphatic carbocycles. The van der Waals surface area contributed by atoms with Gasteiger partial charge in [0.25, 0.3) is 0 Å². The summed E-state index contributed by atoms with van der Waals surface area (Å²) in [6.45, 7) is 4.00. The van der Waals surface area contributed by atoms with Crippen molar-refractivity contribution in [2.75, 3.05) is 5.75 Å². The first-order chi connectivity index (χ1) is 10.1. The second-order valence-electron chi connectivity index (χ2n) is 4.77. The van der Waals surface area contributed by atoms with Crippen LogP contribution in [0.25, 0.3) is 11.3 Å². The standard InChI is InChI=1S/C15H18FN3OS/c1-3-10(2)18-14(20)9-21-15-17-8-13(19-15)11-4-6-12(16)7-5-11/h4-8,10H,3,9H2,1-2H3,(H,17,19)(H,18,20). The normalized spacial score (nSPS) is 12.1. The summed E-state index contributed by atoms with van der Waals surface area (Å²) in [5.41, 5.74) is 1.67. The molecule has 1 aromatic heterocycles. The van der Waals surface area contributed by atoms with Crippen molar-refractivity contribution in [2.24, 2.45) is 0 Å². The van der Waals surface area contributed by atoms with Gasteiger partial charge in [-0.2, -0.15) is 0 Å². The molecule has 112 valence electrons. The van der Waals surface area contributed by atoms with Crippen LogP contribution >= 0.6 is 11.8 Å². The number of aromatic amines is 1. The number of hydrogen-bond donors (Lipinski definition) is 2. The van der Waals surface area contributed by atoms with Gasteiger partial charge < -0.3 is 10.3 Å². The van der Waals surface area contributed by atoms with E-state index in [0.717, 1.165) is 17.7 Å². The molecule has 4 nitrogen and oxygen atoms in total. The van der Waals surface area contributed by atoms with Crippen LogP contribution in [0.1, 0.15) is 20.3 Å². The first-order valence-corrected chi connectivity index (χ1v) is 7.80. The van der Waals surface area contributed by atoms with Gasteiger partial charge in [-0.15, -0.1) is 0 Å². The van der Waals surface area contributed by atoms with E-state index in [-0.39, 0.29) is 17.8 Å². The van der Waals surface area contributed by atoms with Gasteiger partial charge in [0.15, 0.2) is 5.16 Å². The Balaban J connectivity index is 1.91. The summed E-state index contributed by atoms with van der Waals surface area (Å²) in [6, 6.07) is 6.37. The highest BCUT2D eigenvalue weighted by atomic mass is 32.2. The highest BCUT2D eigenvalue weighted by molar-refractivity contribution is 7.99. The van der Waals surface area contributed by atoms with E-state index in [4.69, 9.17) is 0 Å². The van der Waals surface area contributed by atoms with E-state index in [1.165, 1.54) is 23.9 Å². The second-order valence-corrected chi connectivity index (χ2v) is 5.74. The lowest BCUT2D eigenvalue weighted by Crippen LogP contribution is -2.33. The number of hydrogen-bond acceptors (Lipinski definition) is 3. The van der Waals surface area contributed by atoms with Gasteiger partial charge in [0.1, 0.15) is 5.82 Å². The van der Waals surface area contributed by atoms with Gasteiger partial charge in [0.05, 0.1) is 17.6 Å². The van der Waals surface area contributed by atoms with E-state index in [1.807, 2.05) is 13.8 Å². The number of rotatable bonds is 6. The quantitative estimate of drug-likeness (QED) is 0.806. The largest absolute Gasteiger partial charge is 0.353 e. The fourth-order valence-corrected chi connectivity index (χ4v) is 2.37. The van der Waals surface area contributed by atoms with Crippen LogP contribution in [0, 0.1) is 5.82 Å². The summed E-state index contributed by atoms with van der Waals surface area (Å²) < 4.78 is 12.9. The SMILES string of the molecule is CCC(C)NC(=O)CSc1ncc(-c2ccc(F)cc2)[nH]1. The van der Waals surface area contributed by atoms with Crippen LogP contribution in [0.15, 0.2) is 35.6 Å². The van der Waals surface area contributed by atoms with Crippen LogP contribution in [0.3, 0.4) is 0 Å². The third kappa shape index (κ3) is 4.60. The molecule has 2 aromatic rings. The van der Waals surface area contributed by atoms with Crippen molar-refractivity contribution in [2.45, 2.75) is 31.5 Å². The zero-order valence-electron chi connectivity index (χ0n) is 12.0. The zero-order chi connectivity index (χ0) is 15.2. The van der Waals surface area contributed by atoms with Crippen LogP contribution < -0.4 is 5.32 Å². The van der Waals surface area contributed by atoms with Gasteiger partial charge >= 0.3 is 0 Å². The minimum atomic E-state index is -0.269. The fourth-order valence-electron chi connectivity index (χ4n) is 1.70. The molecule has 1 heterocycles. The van der Waals surface area contributed by atoms with Gasteiger partial charge in [0.2, 0.25) is 5.91 Å². The molecule has 0 saturated carbocycles. The summed E-state index contributed by atoms with van der Waals surface area (Å²) in [7, 11) is 0. The number of benzene rings is 1. The van der Waals surface area contributed by atoms with Crippen LogP contribution in [0.4, 0.5) is 4.39 Å². The molecule has 0 spiro atoms. The number of nitrogens with zero attached hydrogens (tertiary/aromatic N) is 1. The van der Waals surface area contributed by atoms with Crippen molar-refractivity contribution in [1.29, 1.82) is 0 Å². The maximum atomic E-state index is 12.9. The summed E-state index contributed by atoms with van der Waals surface area (Å²) in [5.74, 6) is 0.0458.